The van der Waals surface area contributed by atoms with E-state index in [0.717, 1.165) is 24.5 Å². The fraction of sp³-hybridized carbons (Fsp3) is 0.727. The van der Waals surface area contributed by atoms with Gasteiger partial charge in [-0.3, -0.25) is 4.79 Å². The van der Waals surface area contributed by atoms with Crippen molar-refractivity contribution in [3.8, 4) is 0 Å². The summed E-state index contributed by atoms with van der Waals surface area (Å²) in [5, 5.41) is 4.48. The lowest BCUT2D eigenvalue weighted by Gasteiger charge is -2.19. The zero-order valence-electron chi connectivity index (χ0n) is 9.35. The van der Waals surface area contributed by atoms with Gasteiger partial charge in [-0.05, 0) is 19.3 Å². The zero-order chi connectivity index (χ0) is 11.1. The fourth-order valence-corrected chi connectivity index (χ4v) is 2.20. The molecule has 1 aromatic rings. The number of aryl methyl sites for hydroxylation is 1. The van der Waals surface area contributed by atoms with Crippen LogP contribution in [0.3, 0.4) is 0 Å². The second-order valence-corrected chi connectivity index (χ2v) is 4.60. The maximum Gasteiger partial charge on any atom is 0.310 e. The molecule has 1 unspecified atom stereocenters. The van der Waals surface area contributed by atoms with Crippen molar-refractivity contribution < 1.29 is 9.53 Å². The highest BCUT2D eigenvalue weighted by atomic mass is 16.5. The van der Waals surface area contributed by atoms with Gasteiger partial charge in [-0.1, -0.05) is 0 Å². The Morgan fingerprint density at radius 3 is 2.94 bits per heavy atom. The smallest absolute Gasteiger partial charge is 0.310 e. The van der Waals surface area contributed by atoms with Crippen molar-refractivity contribution in [2.24, 2.45) is 5.92 Å². The molecule has 1 aromatic heterocycles. The minimum atomic E-state index is -0.130. The number of carbonyl (C=O) groups excluding carboxylic acids is 1. The Labute approximate surface area is 93.8 Å². The minimum absolute atomic E-state index is 0.0498. The first-order valence-corrected chi connectivity index (χ1v) is 5.79. The second-order valence-electron chi connectivity index (χ2n) is 4.60. The summed E-state index contributed by atoms with van der Waals surface area (Å²) in [6.45, 7) is 0.627. The molecule has 0 N–H and O–H groups in total. The van der Waals surface area contributed by atoms with E-state index in [0.29, 0.717) is 12.5 Å². The molecule has 0 aromatic carbocycles. The van der Waals surface area contributed by atoms with E-state index in [1.54, 1.807) is 0 Å². The standard InChI is InChI=1S/C11H15N3O2/c1-16-11(15)8-4-5-9-12-10(7-2-3-7)13-14(9)6-8/h7-8H,2-6H2,1H3. The van der Waals surface area contributed by atoms with Gasteiger partial charge in [0.15, 0.2) is 5.82 Å². The number of esters is 1. The molecular weight excluding hydrogens is 206 g/mol. The lowest BCUT2D eigenvalue weighted by molar-refractivity contribution is -0.146. The maximum absolute atomic E-state index is 11.4. The van der Waals surface area contributed by atoms with Gasteiger partial charge in [0.1, 0.15) is 5.82 Å². The van der Waals surface area contributed by atoms with Crippen molar-refractivity contribution in [3.05, 3.63) is 11.6 Å². The first kappa shape index (κ1) is 9.81. The highest BCUT2D eigenvalue weighted by Gasteiger charge is 2.32. The second kappa shape index (κ2) is 3.57. The minimum Gasteiger partial charge on any atom is -0.469 e. The number of carbonyl (C=O) groups is 1. The molecule has 2 aliphatic rings. The Balaban J connectivity index is 1.80. The number of hydrogen-bond acceptors (Lipinski definition) is 4. The lowest BCUT2D eigenvalue weighted by Crippen LogP contribution is -2.28. The molecule has 5 heteroatoms. The molecule has 2 heterocycles. The predicted molar refractivity (Wildman–Crippen MR) is 55.8 cm³/mol. The summed E-state index contributed by atoms with van der Waals surface area (Å²) in [5.74, 6) is 2.40. The Kier molecular flexibility index (Phi) is 2.19. The van der Waals surface area contributed by atoms with Crippen LogP contribution in [0.5, 0.6) is 0 Å². The third-order valence-electron chi connectivity index (χ3n) is 3.35. The van der Waals surface area contributed by atoms with Crippen molar-refractivity contribution in [2.75, 3.05) is 7.11 Å². The monoisotopic (exact) mass is 221 g/mol. The van der Waals surface area contributed by atoms with Crippen molar-refractivity contribution >= 4 is 5.97 Å². The number of ether oxygens (including phenoxy) is 1. The number of fused-ring (bicyclic) bond motifs is 1. The summed E-state index contributed by atoms with van der Waals surface area (Å²) < 4.78 is 6.66. The van der Waals surface area contributed by atoms with Crippen LogP contribution in [0.1, 0.15) is 36.8 Å². The molecule has 0 bridgehead atoms. The molecule has 1 fully saturated rings. The van der Waals surface area contributed by atoms with E-state index in [-0.39, 0.29) is 11.9 Å². The molecule has 3 rings (SSSR count). The molecule has 1 atom stereocenters. The molecule has 0 amide bonds. The summed E-state index contributed by atoms with van der Waals surface area (Å²) >= 11 is 0. The average Bonchev–Trinajstić information content (AvgIpc) is 3.07. The summed E-state index contributed by atoms with van der Waals surface area (Å²) in [7, 11) is 1.44. The highest BCUT2D eigenvalue weighted by Crippen LogP contribution is 2.38. The Hall–Kier alpha value is -1.39. The number of methoxy groups -OCH3 is 1. The molecule has 0 radical (unpaired) electrons. The van der Waals surface area contributed by atoms with E-state index in [2.05, 4.69) is 10.1 Å². The van der Waals surface area contributed by atoms with Crippen LogP contribution in [-0.2, 0) is 22.5 Å². The Morgan fingerprint density at radius 2 is 2.25 bits per heavy atom. The number of rotatable bonds is 2. The van der Waals surface area contributed by atoms with E-state index >= 15 is 0 Å². The summed E-state index contributed by atoms with van der Waals surface area (Å²) in [6.07, 6.45) is 4.09. The van der Waals surface area contributed by atoms with Crippen molar-refractivity contribution in [1.82, 2.24) is 14.8 Å². The summed E-state index contributed by atoms with van der Waals surface area (Å²) in [6, 6.07) is 0. The Morgan fingerprint density at radius 1 is 1.44 bits per heavy atom. The molecule has 86 valence electrons. The highest BCUT2D eigenvalue weighted by molar-refractivity contribution is 5.72. The van der Waals surface area contributed by atoms with Crippen molar-refractivity contribution in [3.63, 3.8) is 0 Å². The molecule has 0 saturated heterocycles. The number of aromatic nitrogens is 3. The molecule has 16 heavy (non-hydrogen) atoms. The fourth-order valence-electron chi connectivity index (χ4n) is 2.20. The predicted octanol–water partition coefficient (Wildman–Crippen LogP) is 0.891. The maximum atomic E-state index is 11.4. The van der Waals surface area contributed by atoms with Crippen LogP contribution in [0, 0.1) is 5.92 Å². The largest absolute Gasteiger partial charge is 0.469 e. The van der Waals surface area contributed by atoms with E-state index in [1.807, 2.05) is 4.68 Å². The van der Waals surface area contributed by atoms with Gasteiger partial charge in [-0.15, -0.1) is 0 Å². The first-order chi connectivity index (χ1) is 7.78. The van der Waals surface area contributed by atoms with Gasteiger partial charge in [0.2, 0.25) is 0 Å². The van der Waals surface area contributed by atoms with Crippen molar-refractivity contribution in [2.45, 2.75) is 38.1 Å². The van der Waals surface area contributed by atoms with Gasteiger partial charge in [-0.25, -0.2) is 9.67 Å². The SMILES string of the molecule is COC(=O)C1CCc2nc(C3CC3)nn2C1. The van der Waals surface area contributed by atoms with E-state index in [1.165, 1.54) is 20.0 Å². The van der Waals surface area contributed by atoms with Crippen LogP contribution in [0.4, 0.5) is 0 Å². The van der Waals surface area contributed by atoms with Crippen molar-refractivity contribution in [1.29, 1.82) is 0 Å². The average molecular weight is 221 g/mol. The molecule has 1 saturated carbocycles. The Bertz CT molecular complexity index is 423. The quantitative estimate of drug-likeness (QED) is 0.696. The molecule has 0 spiro atoms. The van der Waals surface area contributed by atoms with Gasteiger partial charge in [0.25, 0.3) is 0 Å². The van der Waals surface area contributed by atoms with Gasteiger partial charge >= 0.3 is 5.97 Å². The third-order valence-corrected chi connectivity index (χ3v) is 3.35. The van der Waals surface area contributed by atoms with Crippen LogP contribution < -0.4 is 0 Å². The molecule has 5 nitrogen and oxygen atoms in total. The number of hydrogen-bond donors (Lipinski definition) is 0. The third kappa shape index (κ3) is 1.60. The molecule has 1 aliphatic heterocycles. The van der Waals surface area contributed by atoms with Gasteiger partial charge in [0, 0.05) is 12.3 Å². The first-order valence-electron chi connectivity index (χ1n) is 5.79. The van der Waals surface area contributed by atoms with Crippen LogP contribution >= 0.6 is 0 Å². The van der Waals surface area contributed by atoms with Crippen LogP contribution in [0.2, 0.25) is 0 Å². The lowest BCUT2D eigenvalue weighted by atomic mass is 10.0. The molecular formula is C11H15N3O2. The van der Waals surface area contributed by atoms with Crippen LogP contribution in [-0.4, -0.2) is 27.8 Å². The molecule has 1 aliphatic carbocycles. The van der Waals surface area contributed by atoms with E-state index in [9.17, 15) is 4.79 Å². The zero-order valence-corrected chi connectivity index (χ0v) is 9.35. The van der Waals surface area contributed by atoms with Gasteiger partial charge in [0.05, 0.1) is 19.6 Å². The van der Waals surface area contributed by atoms with Crippen LogP contribution in [0.25, 0.3) is 0 Å². The van der Waals surface area contributed by atoms with Crippen LogP contribution in [0.15, 0.2) is 0 Å². The topological polar surface area (TPSA) is 57.0 Å². The van der Waals surface area contributed by atoms with E-state index < -0.39 is 0 Å². The van der Waals surface area contributed by atoms with Gasteiger partial charge < -0.3 is 4.74 Å². The van der Waals surface area contributed by atoms with E-state index in [4.69, 9.17) is 4.74 Å². The number of nitrogens with zero attached hydrogens (tertiary/aromatic N) is 3. The summed E-state index contributed by atoms with van der Waals surface area (Å²) in [5.41, 5.74) is 0. The summed E-state index contributed by atoms with van der Waals surface area (Å²) in [4.78, 5) is 16.0. The van der Waals surface area contributed by atoms with Gasteiger partial charge in [-0.2, -0.15) is 5.10 Å². The normalized spacial score (nSPS) is 23.9.